The van der Waals surface area contributed by atoms with Gasteiger partial charge in [-0.3, -0.25) is 14.9 Å². The number of nitrogens with zero attached hydrogens (tertiary/aromatic N) is 1. The highest BCUT2D eigenvalue weighted by molar-refractivity contribution is 5.94. The van der Waals surface area contributed by atoms with Gasteiger partial charge < -0.3 is 19.5 Å². The summed E-state index contributed by atoms with van der Waals surface area (Å²) >= 11 is 0. The standard InChI is InChI=1S/C19H22N2O6/c1-12(9-13-5-8-16(25-2)18(10-13)27-4)19(22)20-15-7-6-14(21(23)24)11-17(15)26-3/h5-8,10-12H,9H2,1-4H3,(H,20,22). The molecule has 2 rings (SSSR count). The monoisotopic (exact) mass is 374 g/mol. The molecule has 0 bridgehead atoms. The number of non-ortho nitro benzene ring substituents is 1. The normalized spacial score (nSPS) is 11.4. The fraction of sp³-hybridized carbons (Fsp3) is 0.316. The Labute approximate surface area is 157 Å². The van der Waals surface area contributed by atoms with Gasteiger partial charge in [0.1, 0.15) is 5.75 Å². The van der Waals surface area contributed by atoms with Crippen LogP contribution in [0.1, 0.15) is 12.5 Å². The molecule has 27 heavy (non-hydrogen) atoms. The van der Waals surface area contributed by atoms with E-state index in [-0.39, 0.29) is 23.3 Å². The minimum Gasteiger partial charge on any atom is -0.494 e. The average molecular weight is 374 g/mol. The molecule has 1 unspecified atom stereocenters. The molecule has 0 aliphatic rings. The van der Waals surface area contributed by atoms with Gasteiger partial charge in [0.05, 0.1) is 38.0 Å². The number of nitro groups is 1. The molecule has 0 aromatic heterocycles. The number of anilines is 1. The number of rotatable bonds is 8. The number of methoxy groups -OCH3 is 3. The molecule has 2 aromatic carbocycles. The van der Waals surface area contributed by atoms with Gasteiger partial charge in [0.15, 0.2) is 11.5 Å². The average Bonchev–Trinajstić information content (AvgIpc) is 2.67. The molecule has 2 aromatic rings. The molecule has 8 heteroatoms. The van der Waals surface area contributed by atoms with Crippen molar-refractivity contribution in [1.29, 1.82) is 0 Å². The zero-order valence-electron chi connectivity index (χ0n) is 15.6. The predicted molar refractivity (Wildman–Crippen MR) is 101 cm³/mol. The smallest absolute Gasteiger partial charge is 0.273 e. The van der Waals surface area contributed by atoms with Crippen LogP contribution in [0, 0.1) is 16.0 Å². The van der Waals surface area contributed by atoms with Crippen LogP contribution < -0.4 is 19.5 Å². The highest BCUT2D eigenvalue weighted by Gasteiger charge is 2.18. The minimum absolute atomic E-state index is 0.108. The molecule has 0 saturated carbocycles. The van der Waals surface area contributed by atoms with E-state index in [2.05, 4.69) is 5.32 Å². The summed E-state index contributed by atoms with van der Waals surface area (Å²) in [5.41, 5.74) is 1.20. The van der Waals surface area contributed by atoms with E-state index >= 15 is 0 Å². The third kappa shape index (κ3) is 4.87. The van der Waals surface area contributed by atoms with Crippen molar-refractivity contribution in [3.63, 3.8) is 0 Å². The fourth-order valence-corrected chi connectivity index (χ4v) is 2.61. The fourth-order valence-electron chi connectivity index (χ4n) is 2.61. The summed E-state index contributed by atoms with van der Waals surface area (Å²) in [4.78, 5) is 22.9. The van der Waals surface area contributed by atoms with E-state index < -0.39 is 4.92 Å². The van der Waals surface area contributed by atoms with Crippen molar-refractivity contribution in [2.75, 3.05) is 26.6 Å². The molecule has 0 aliphatic carbocycles. The lowest BCUT2D eigenvalue weighted by Gasteiger charge is -2.15. The highest BCUT2D eigenvalue weighted by Crippen LogP contribution is 2.31. The first kappa shape index (κ1) is 20.0. The number of hydrogen-bond acceptors (Lipinski definition) is 6. The largest absolute Gasteiger partial charge is 0.494 e. The number of nitro benzene ring substituents is 1. The Bertz CT molecular complexity index is 837. The number of amides is 1. The summed E-state index contributed by atoms with van der Waals surface area (Å²) in [6.07, 6.45) is 0.488. The molecule has 8 nitrogen and oxygen atoms in total. The second-order valence-corrected chi connectivity index (χ2v) is 5.93. The van der Waals surface area contributed by atoms with Crippen LogP contribution in [0.25, 0.3) is 0 Å². The Morgan fingerprint density at radius 3 is 2.30 bits per heavy atom. The number of nitrogens with one attached hydrogen (secondary N) is 1. The quantitative estimate of drug-likeness (QED) is 0.561. The van der Waals surface area contributed by atoms with Crippen molar-refractivity contribution in [1.82, 2.24) is 0 Å². The molecule has 1 N–H and O–H groups in total. The second-order valence-electron chi connectivity index (χ2n) is 5.93. The van der Waals surface area contributed by atoms with E-state index in [1.54, 1.807) is 27.2 Å². The van der Waals surface area contributed by atoms with Crippen LogP contribution in [0.15, 0.2) is 36.4 Å². The highest BCUT2D eigenvalue weighted by atomic mass is 16.6. The van der Waals surface area contributed by atoms with Gasteiger partial charge in [0.25, 0.3) is 5.69 Å². The number of ether oxygens (including phenoxy) is 3. The van der Waals surface area contributed by atoms with E-state index in [1.165, 1.54) is 25.3 Å². The van der Waals surface area contributed by atoms with Crippen molar-refractivity contribution in [2.45, 2.75) is 13.3 Å². The summed E-state index contributed by atoms with van der Waals surface area (Å²) in [6.45, 7) is 1.80. The maximum atomic E-state index is 12.5. The lowest BCUT2D eigenvalue weighted by atomic mass is 9.99. The summed E-state index contributed by atoms with van der Waals surface area (Å²) in [6, 6.07) is 9.54. The molecule has 0 saturated heterocycles. The van der Waals surface area contributed by atoms with Crippen molar-refractivity contribution in [3.05, 3.63) is 52.1 Å². The number of carbonyl (C=O) groups is 1. The number of carbonyl (C=O) groups excluding carboxylic acids is 1. The summed E-state index contributed by atoms with van der Waals surface area (Å²) in [5.74, 6) is 0.879. The van der Waals surface area contributed by atoms with Crippen molar-refractivity contribution >= 4 is 17.3 Å². The van der Waals surface area contributed by atoms with Crippen molar-refractivity contribution < 1.29 is 23.9 Å². The lowest BCUT2D eigenvalue weighted by Crippen LogP contribution is -2.22. The third-order valence-corrected chi connectivity index (χ3v) is 4.09. The lowest BCUT2D eigenvalue weighted by molar-refractivity contribution is -0.384. The molecule has 0 heterocycles. The molecular formula is C19H22N2O6. The third-order valence-electron chi connectivity index (χ3n) is 4.09. The Morgan fingerprint density at radius 2 is 1.70 bits per heavy atom. The van der Waals surface area contributed by atoms with E-state index in [1.807, 2.05) is 12.1 Å². The number of benzene rings is 2. The molecular weight excluding hydrogens is 352 g/mol. The Hall–Kier alpha value is -3.29. The van der Waals surface area contributed by atoms with Crippen LogP contribution >= 0.6 is 0 Å². The maximum Gasteiger partial charge on any atom is 0.273 e. The van der Waals surface area contributed by atoms with Gasteiger partial charge in [-0.15, -0.1) is 0 Å². The van der Waals surface area contributed by atoms with Crippen LogP contribution in [0.3, 0.4) is 0 Å². The molecule has 0 fully saturated rings. The first-order valence-electron chi connectivity index (χ1n) is 8.23. The van der Waals surface area contributed by atoms with Gasteiger partial charge in [0.2, 0.25) is 5.91 Å². The van der Waals surface area contributed by atoms with Gasteiger partial charge in [-0.2, -0.15) is 0 Å². The summed E-state index contributed by atoms with van der Waals surface area (Å²) in [7, 11) is 4.51. The van der Waals surface area contributed by atoms with Crippen LogP contribution in [0.4, 0.5) is 11.4 Å². The molecule has 0 radical (unpaired) electrons. The second kappa shape index (κ2) is 8.88. The molecule has 144 valence electrons. The SMILES string of the molecule is COc1cc([N+](=O)[O-])ccc1NC(=O)C(C)Cc1ccc(OC)c(OC)c1. The molecule has 1 amide bonds. The van der Waals surface area contributed by atoms with Crippen LogP contribution in [0.5, 0.6) is 17.2 Å². The van der Waals surface area contributed by atoms with E-state index in [9.17, 15) is 14.9 Å². The van der Waals surface area contributed by atoms with Crippen LogP contribution in [-0.2, 0) is 11.2 Å². The van der Waals surface area contributed by atoms with E-state index in [0.29, 0.717) is 23.6 Å². The first-order valence-corrected chi connectivity index (χ1v) is 8.23. The summed E-state index contributed by atoms with van der Waals surface area (Å²) < 4.78 is 15.6. The minimum atomic E-state index is -0.520. The van der Waals surface area contributed by atoms with Crippen molar-refractivity contribution in [3.8, 4) is 17.2 Å². The van der Waals surface area contributed by atoms with Gasteiger partial charge in [-0.25, -0.2) is 0 Å². The van der Waals surface area contributed by atoms with E-state index in [0.717, 1.165) is 5.56 Å². The van der Waals surface area contributed by atoms with Gasteiger partial charge in [0, 0.05) is 12.0 Å². The Kier molecular flexibility index (Phi) is 6.59. The maximum absolute atomic E-state index is 12.5. The number of hydrogen-bond donors (Lipinski definition) is 1. The first-order chi connectivity index (χ1) is 12.9. The van der Waals surface area contributed by atoms with Crippen molar-refractivity contribution in [2.24, 2.45) is 5.92 Å². The van der Waals surface area contributed by atoms with Gasteiger partial charge in [-0.1, -0.05) is 13.0 Å². The van der Waals surface area contributed by atoms with Crippen LogP contribution in [0.2, 0.25) is 0 Å². The zero-order valence-corrected chi connectivity index (χ0v) is 15.6. The molecule has 0 aliphatic heterocycles. The molecule has 1 atom stereocenters. The predicted octanol–water partition coefficient (Wildman–Crippen LogP) is 3.44. The Morgan fingerprint density at radius 1 is 1.04 bits per heavy atom. The van der Waals surface area contributed by atoms with Crippen LogP contribution in [-0.4, -0.2) is 32.2 Å². The molecule has 0 spiro atoms. The van der Waals surface area contributed by atoms with Gasteiger partial charge in [-0.05, 0) is 30.2 Å². The topological polar surface area (TPSA) is 99.9 Å². The van der Waals surface area contributed by atoms with E-state index in [4.69, 9.17) is 14.2 Å². The Balaban J connectivity index is 2.11. The summed E-state index contributed by atoms with van der Waals surface area (Å²) in [5, 5.41) is 13.6. The zero-order chi connectivity index (χ0) is 20.0. The van der Waals surface area contributed by atoms with Gasteiger partial charge >= 0.3 is 0 Å².